The Morgan fingerprint density at radius 2 is 2.00 bits per heavy atom. The molecule has 2 heteroatoms. The van der Waals surface area contributed by atoms with E-state index in [2.05, 4.69) is 37.9 Å². The van der Waals surface area contributed by atoms with Crippen LogP contribution in [0.4, 0.5) is 0 Å². The maximum absolute atomic E-state index is 3.54. The largest absolute Gasteiger partial charge is 0.314 e. The van der Waals surface area contributed by atoms with Crippen LogP contribution in [0.15, 0.2) is 0 Å². The van der Waals surface area contributed by atoms with Gasteiger partial charge in [0, 0.05) is 18.1 Å². The lowest BCUT2D eigenvalue weighted by Crippen LogP contribution is -2.46. The first-order chi connectivity index (χ1) is 8.15. The Labute approximate surface area is 108 Å². The Balaban J connectivity index is 2.33. The average molecular weight is 240 g/mol. The van der Waals surface area contributed by atoms with E-state index in [9.17, 15) is 0 Å². The molecule has 1 rings (SSSR count). The van der Waals surface area contributed by atoms with Crippen molar-refractivity contribution in [2.75, 3.05) is 13.1 Å². The molecule has 102 valence electrons. The van der Waals surface area contributed by atoms with Crippen molar-refractivity contribution in [3.05, 3.63) is 0 Å². The van der Waals surface area contributed by atoms with E-state index in [0.29, 0.717) is 6.04 Å². The lowest BCUT2D eigenvalue weighted by atomic mass is 9.96. The number of rotatable bonds is 7. The quantitative estimate of drug-likeness (QED) is 0.733. The maximum atomic E-state index is 3.54. The second-order valence-electron chi connectivity index (χ2n) is 5.92. The van der Waals surface area contributed by atoms with Gasteiger partial charge >= 0.3 is 0 Å². The third-order valence-electron chi connectivity index (χ3n) is 3.98. The maximum Gasteiger partial charge on any atom is 0.00979 e. The second-order valence-corrected chi connectivity index (χ2v) is 5.92. The summed E-state index contributed by atoms with van der Waals surface area (Å²) in [5, 5.41) is 3.54. The SMILES string of the molecule is CCCC1CCCCN1C(C)CCNC(C)C. The van der Waals surface area contributed by atoms with E-state index in [0.717, 1.165) is 18.6 Å². The summed E-state index contributed by atoms with van der Waals surface area (Å²) in [4.78, 5) is 2.77. The minimum absolute atomic E-state index is 0.620. The third-order valence-corrected chi connectivity index (χ3v) is 3.98. The monoisotopic (exact) mass is 240 g/mol. The van der Waals surface area contributed by atoms with Crippen molar-refractivity contribution < 1.29 is 0 Å². The highest BCUT2D eigenvalue weighted by molar-refractivity contribution is 4.81. The van der Waals surface area contributed by atoms with Gasteiger partial charge in [-0.15, -0.1) is 0 Å². The van der Waals surface area contributed by atoms with E-state index in [4.69, 9.17) is 0 Å². The topological polar surface area (TPSA) is 15.3 Å². The normalized spacial score (nSPS) is 24.2. The number of likely N-dealkylation sites (tertiary alicyclic amines) is 1. The van der Waals surface area contributed by atoms with E-state index in [1.54, 1.807) is 0 Å². The highest BCUT2D eigenvalue weighted by atomic mass is 15.2. The summed E-state index contributed by atoms with van der Waals surface area (Å²) in [7, 11) is 0. The van der Waals surface area contributed by atoms with Crippen LogP contribution in [0.2, 0.25) is 0 Å². The van der Waals surface area contributed by atoms with Crippen molar-refractivity contribution in [2.24, 2.45) is 0 Å². The average Bonchev–Trinajstić information content (AvgIpc) is 2.29. The van der Waals surface area contributed by atoms with Crippen LogP contribution >= 0.6 is 0 Å². The van der Waals surface area contributed by atoms with Crippen molar-refractivity contribution in [3.8, 4) is 0 Å². The molecule has 0 aliphatic carbocycles. The summed E-state index contributed by atoms with van der Waals surface area (Å²) in [5.41, 5.74) is 0. The van der Waals surface area contributed by atoms with Gasteiger partial charge in [0.15, 0.2) is 0 Å². The predicted molar refractivity (Wildman–Crippen MR) is 76.5 cm³/mol. The Morgan fingerprint density at radius 1 is 1.24 bits per heavy atom. The first-order valence-electron chi connectivity index (χ1n) is 7.64. The summed E-state index contributed by atoms with van der Waals surface area (Å²) in [6.07, 6.45) is 8.29. The van der Waals surface area contributed by atoms with Crippen LogP contribution in [-0.4, -0.2) is 36.1 Å². The van der Waals surface area contributed by atoms with Gasteiger partial charge < -0.3 is 5.32 Å². The van der Waals surface area contributed by atoms with Crippen molar-refractivity contribution in [1.82, 2.24) is 10.2 Å². The Hall–Kier alpha value is -0.0800. The Bertz CT molecular complexity index is 189. The molecule has 0 aromatic rings. The van der Waals surface area contributed by atoms with Gasteiger partial charge in [0.05, 0.1) is 0 Å². The molecule has 0 radical (unpaired) electrons. The van der Waals surface area contributed by atoms with E-state index >= 15 is 0 Å². The molecule has 1 fully saturated rings. The van der Waals surface area contributed by atoms with Crippen LogP contribution in [0.1, 0.15) is 66.2 Å². The number of piperidine rings is 1. The first-order valence-corrected chi connectivity index (χ1v) is 7.64. The van der Waals surface area contributed by atoms with Crippen LogP contribution in [0, 0.1) is 0 Å². The van der Waals surface area contributed by atoms with E-state index in [1.807, 2.05) is 0 Å². The zero-order chi connectivity index (χ0) is 12.7. The lowest BCUT2D eigenvalue weighted by molar-refractivity contribution is 0.0916. The Kier molecular flexibility index (Phi) is 7.14. The number of hydrogen-bond donors (Lipinski definition) is 1. The van der Waals surface area contributed by atoms with Crippen molar-refractivity contribution in [2.45, 2.75) is 84.3 Å². The van der Waals surface area contributed by atoms with Gasteiger partial charge in [0.1, 0.15) is 0 Å². The van der Waals surface area contributed by atoms with E-state index in [1.165, 1.54) is 45.1 Å². The minimum atomic E-state index is 0.620. The fourth-order valence-corrected chi connectivity index (χ4v) is 2.99. The van der Waals surface area contributed by atoms with Crippen LogP contribution in [0.25, 0.3) is 0 Å². The molecule has 0 bridgehead atoms. The van der Waals surface area contributed by atoms with E-state index in [-0.39, 0.29) is 0 Å². The fourth-order valence-electron chi connectivity index (χ4n) is 2.99. The molecular formula is C15H32N2. The molecule has 1 N–H and O–H groups in total. The standard InChI is InChI=1S/C15H32N2/c1-5-8-15-9-6-7-12-17(15)14(4)10-11-16-13(2)3/h13-16H,5-12H2,1-4H3. The van der Waals surface area contributed by atoms with E-state index < -0.39 is 0 Å². The highest BCUT2D eigenvalue weighted by Crippen LogP contribution is 2.23. The van der Waals surface area contributed by atoms with Gasteiger partial charge in [-0.2, -0.15) is 0 Å². The van der Waals surface area contributed by atoms with Gasteiger partial charge in [-0.05, 0) is 45.7 Å². The number of nitrogens with zero attached hydrogens (tertiary/aromatic N) is 1. The molecule has 0 spiro atoms. The predicted octanol–water partition coefficient (Wildman–Crippen LogP) is 3.42. The Morgan fingerprint density at radius 3 is 2.65 bits per heavy atom. The summed E-state index contributed by atoms with van der Waals surface area (Å²) in [6, 6.07) is 2.23. The molecule has 0 amide bonds. The first kappa shape index (κ1) is 15.0. The minimum Gasteiger partial charge on any atom is -0.314 e. The molecule has 2 unspecified atom stereocenters. The molecule has 2 nitrogen and oxygen atoms in total. The number of nitrogens with one attached hydrogen (secondary N) is 1. The molecule has 1 saturated heterocycles. The third kappa shape index (κ3) is 5.39. The van der Waals surface area contributed by atoms with Gasteiger partial charge in [0.25, 0.3) is 0 Å². The van der Waals surface area contributed by atoms with Crippen molar-refractivity contribution in [1.29, 1.82) is 0 Å². The molecule has 17 heavy (non-hydrogen) atoms. The van der Waals surface area contributed by atoms with Crippen LogP contribution in [0.3, 0.4) is 0 Å². The van der Waals surface area contributed by atoms with Crippen LogP contribution < -0.4 is 5.32 Å². The summed E-state index contributed by atoms with van der Waals surface area (Å²) in [5.74, 6) is 0. The van der Waals surface area contributed by atoms with Crippen molar-refractivity contribution >= 4 is 0 Å². The molecule has 0 saturated carbocycles. The molecule has 1 aliphatic heterocycles. The second kappa shape index (κ2) is 8.10. The smallest absolute Gasteiger partial charge is 0.00979 e. The lowest BCUT2D eigenvalue weighted by Gasteiger charge is -2.40. The highest BCUT2D eigenvalue weighted by Gasteiger charge is 2.25. The van der Waals surface area contributed by atoms with Crippen LogP contribution in [-0.2, 0) is 0 Å². The molecule has 0 aromatic carbocycles. The summed E-state index contributed by atoms with van der Waals surface area (Å²) < 4.78 is 0. The van der Waals surface area contributed by atoms with Crippen molar-refractivity contribution in [3.63, 3.8) is 0 Å². The summed E-state index contributed by atoms with van der Waals surface area (Å²) in [6.45, 7) is 11.7. The fraction of sp³-hybridized carbons (Fsp3) is 1.00. The zero-order valence-electron chi connectivity index (χ0n) is 12.3. The number of hydrogen-bond acceptors (Lipinski definition) is 2. The zero-order valence-corrected chi connectivity index (χ0v) is 12.3. The van der Waals surface area contributed by atoms with Crippen LogP contribution in [0.5, 0.6) is 0 Å². The molecular weight excluding hydrogens is 208 g/mol. The van der Waals surface area contributed by atoms with Gasteiger partial charge in [0.2, 0.25) is 0 Å². The molecule has 1 heterocycles. The van der Waals surface area contributed by atoms with Gasteiger partial charge in [-0.1, -0.05) is 33.6 Å². The molecule has 2 atom stereocenters. The van der Waals surface area contributed by atoms with Gasteiger partial charge in [-0.3, -0.25) is 4.90 Å². The molecule has 1 aliphatic rings. The molecule has 0 aromatic heterocycles. The summed E-state index contributed by atoms with van der Waals surface area (Å²) >= 11 is 0. The van der Waals surface area contributed by atoms with Gasteiger partial charge in [-0.25, -0.2) is 0 Å².